The van der Waals surface area contributed by atoms with E-state index in [9.17, 15) is 9.59 Å². The number of ether oxygens (including phenoxy) is 1. The van der Waals surface area contributed by atoms with E-state index in [1.54, 1.807) is 64.5 Å². The monoisotopic (exact) mass is 420 g/mol. The summed E-state index contributed by atoms with van der Waals surface area (Å²) in [5, 5.41) is 7.76. The summed E-state index contributed by atoms with van der Waals surface area (Å²) in [6.07, 6.45) is 4.86. The maximum absolute atomic E-state index is 11.9. The summed E-state index contributed by atoms with van der Waals surface area (Å²) in [4.78, 5) is 36.6. The highest BCUT2D eigenvalue weighted by Gasteiger charge is 2.23. The molecule has 3 heterocycles. The molecule has 3 aromatic heterocycles. The third-order valence-corrected chi connectivity index (χ3v) is 4.17. The SMILES string of the molecule is CNc1ccc(-c2cc(Oc3ccc(NC(=O)NC(=O)C(C)(C)C)nc3)ccn2)cn1. The quantitative estimate of drug-likeness (QED) is 0.569. The van der Waals surface area contributed by atoms with Crippen LogP contribution in [0.15, 0.2) is 55.0 Å². The van der Waals surface area contributed by atoms with Crippen molar-refractivity contribution in [1.29, 1.82) is 0 Å². The number of carbonyl (C=O) groups excluding carboxylic acids is 2. The number of amides is 3. The summed E-state index contributed by atoms with van der Waals surface area (Å²) in [6.45, 7) is 5.16. The van der Waals surface area contributed by atoms with Crippen molar-refractivity contribution in [2.75, 3.05) is 17.7 Å². The topological polar surface area (TPSA) is 118 Å². The van der Waals surface area contributed by atoms with Gasteiger partial charge < -0.3 is 10.1 Å². The van der Waals surface area contributed by atoms with Crippen molar-refractivity contribution in [3.8, 4) is 22.8 Å². The largest absolute Gasteiger partial charge is 0.456 e. The number of nitrogens with one attached hydrogen (secondary N) is 3. The van der Waals surface area contributed by atoms with Crippen molar-refractivity contribution in [3.63, 3.8) is 0 Å². The zero-order chi connectivity index (χ0) is 22.4. The molecule has 0 aliphatic heterocycles. The lowest BCUT2D eigenvalue weighted by Gasteiger charge is -2.16. The van der Waals surface area contributed by atoms with Gasteiger partial charge in [-0.15, -0.1) is 0 Å². The molecule has 3 amide bonds. The smallest absolute Gasteiger partial charge is 0.327 e. The lowest BCUT2D eigenvalue weighted by atomic mass is 9.96. The fourth-order valence-electron chi connectivity index (χ4n) is 2.41. The molecule has 0 bridgehead atoms. The number of carbonyl (C=O) groups is 2. The minimum atomic E-state index is -0.670. The second-order valence-corrected chi connectivity index (χ2v) is 7.70. The molecule has 0 atom stereocenters. The van der Waals surface area contributed by atoms with E-state index in [-0.39, 0.29) is 11.7 Å². The van der Waals surface area contributed by atoms with Crippen LogP contribution in [0.1, 0.15) is 20.8 Å². The lowest BCUT2D eigenvalue weighted by Crippen LogP contribution is -2.41. The first-order chi connectivity index (χ1) is 14.7. The summed E-state index contributed by atoms with van der Waals surface area (Å²) in [5.41, 5.74) is 0.911. The van der Waals surface area contributed by atoms with Gasteiger partial charge in [-0.25, -0.2) is 14.8 Å². The molecule has 0 aromatic carbocycles. The Morgan fingerprint density at radius 3 is 2.26 bits per heavy atom. The van der Waals surface area contributed by atoms with Gasteiger partial charge in [0.25, 0.3) is 0 Å². The highest BCUT2D eigenvalue weighted by molar-refractivity contribution is 6.02. The van der Waals surface area contributed by atoms with Crippen molar-refractivity contribution in [3.05, 3.63) is 55.0 Å². The third-order valence-electron chi connectivity index (χ3n) is 4.17. The minimum absolute atomic E-state index is 0.290. The minimum Gasteiger partial charge on any atom is -0.456 e. The Bertz CT molecular complexity index is 1060. The van der Waals surface area contributed by atoms with Crippen LogP contribution in [-0.4, -0.2) is 33.9 Å². The number of anilines is 2. The second kappa shape index (κ2) is 9.21. The number of pyridine rings is 3. The Hall–Kier alpha value is -4.01. The first-order valence-corrected chi connectivity index (χ1v) is 9.61. The van der Waals surface area contributed by atoms with Gasteiger partial charge in [-0.1, -0.05) is 20.8 Å². The fraction of sp³-hybridized carbons (Fsp3) is 0.227. The predicted molar refractivity (Wildman–Crippen MR) is 118 cm³/mol. The number of hydrogen-bond acceptors (Lipinski definition) is 7. The molecule has 3 aromatic rings. The van der Waals surface area contributed by atoms with Gasteiger partial charge in [0.2, 0.25) is 5.91 Å². The number of aromatic nitrogens is 3. The van der Waals surface area contributed by atoms with Crippen LogP contribution in [0.4, 0.5) is 16.4 Å². The van der Waals surface area contributed by atoms with Gasteiger partial charge in [-0.05, 0) is 30.3 Å². The van der Waals surface area contributed by atoms with Gasteiger partial charge in [0.1, 0.15) is 23.1 Å². The van der Waals surface area contributed by atoms with E-state index in [1.165, 1.54) is 6.20 Å². The van der Waals surface area contributed by atoms with Crippen molar-refractivity contribution in [1.82, 2.24) is 20.3 Å². The number of imide groups is 1. The Morgan fingerprint density at radius 1 is 0.903 bits per heavy atom. The van der Waals surface area contributed by atoms with Crippen molar-refractivity contribution in [2.45, 2.75) is 20.8 Å². The molecule has 31 heavy (non-hydrogen) atoms. The molecular weight excluding hydrogens is 396 g/mol. The van der Waals surface area contributed by atoms with Crippen LogP contribution < -0.4 is 20.7 Å². The average molecular weight is 420 g/mol. The highest BCUT2D eigenvalue weighted by atomic mass is 16.5. The molecule has 0 spiro atoms. The van der Waals surface area contributed by atoms with Crippen molar-refractivity contribution >= 4 is 23.6 Å². The van der Waals surface area contributed by atoms with Crippen molar-refractivity contribution in [2.24, 2.45) is 5.41 Å². The molecule has 3 rings (SSSR count). The third kappa shape index (κ3) is 5.99. The first-order valence-electron chi connectivity index (χ1n) is 9.61. The number of rotatable bonds is 5. The molecule has 0 saturated heterocycles. The zero-order valence-corrected chi connectivity index (χ0v) is 17.8. The molecule has 0 unspecified atom stereocenters. The molecule has 0 saturated carbocycles. The standard InChI is InChI=1S/C22H24N6O3/c1-22(2,3)20(29)28-21(30)27-19-8-6-16(13-26-19)31-15-9-10-24-17(11-15)14-5-7-18(23-4)25-12-14/h5-13H,1-4H3,(H,23,25)(H2,26,27,28,29,30). The molecule has 0 aliphatic rings. The molecule has 0 radical (unpaired) electrons. The zero-order valence-electron chi connectivity index (χ0n) is 17.8. The summed E-state index contributed by atoms with van der Waals surface area (Å²) < 4.78 is 5.84. The van der Waals surface area contributed by atoms with E-state index < -0.39 is 11.4 Å². The molecule has 160 valence electrons. The van der Waals surface area contributed by atoms with E-state index >= 15 is 0 Å². The van der Waals surface area contributed by atoms with Gasteiger partial charge in [0.15, 0.2) is 0 Å². The van der Waals surface area contributed by atoms with Crippen LogP contribution in [0.3, 0.4) is 0 Å². The Labute approximate surface area is 180 Å². The van der Waals surface area contributed by atoms with Gasteiger partial charge in [-0.3, -0.25) is 20.4 Å². The molecule has 9 heteroatoms. The average Bonchev–Trinajstić information content (AvgIpc) is 2.74. The second-order valence-electron chi connectivity index (χ2n) is 7.70. The maximum atomic E-state index is 11.9. The molecular formula is C22H24N6O3. The van der Waals surface area contributed by atoms with E-state index in [0.717, 1.165) is 17.1 Å². The molecule has 0 fully saturated rings. The van der Waals surface area contributed by atoms with Crippen LogP contribution in [-0.2, 0) is 4.79 Å². The van der Waals surface area contributed by atoms with E-state index in [4.69, 9.17) is 4.74 Å². The maximum Gasteiger partial charge on any atom is 0.327 e. The van der Waals surface area contributed by atoms with E-state index in [0.29, 0.717) is 11.5 Å². The summed E-state index contributed by atoms with van der Waals surface area (Å²) >= 11 is 0. The Kier molecular flexibility index (Phi) is 6.44. The van der Waals surface area contributed by atoms with Gasteiger partial charge in [0.05, 0.1) is 11.9 Å². The number of nitrogens with zero attached hydrogens (tertiary/aromatic N) is 3. The normalized spacial score (nSPS) is 10.8. The van der Waals surface area contributed by atoms with Gasteiger partial charge in [-0.2, -0.15) is 0 Å². The Balaban J connectivity index is 1.63. The summed E-state index contributed by atoms with van der Waals surface area (Å²) in [6, 6.07) is 9.92. The first kappa shape index (κ1) is 21.7. The summed E-state index contributed by atoms with van der Waals surface area (Å²) in [7, 11) is 1.81. The number of hydrogen-bond donors (Lipinski definition) is 3. The molecule has 0 aliphatic carbocycles. The Morgan fingerprint density at radius 2 is 1.65 bits per heavy atom. The van der Waals surface area contributed by atoms with Crippen molar-refractivity contribution < 1.29 is 14.3 Å². The van der Waals surface area contributed by atoms with Crippen LogP contribution >= 0.6 is 0 Å². The molecule has 3 N–H and O–H groups in total. The van der Waals surface area contributed by atoms with Gasteiger partial charge in [0, 0.05) is 36.5 Å². The predicted octanol–water partition coefficient (Wildman–Crippen LogP) is 4.07. The highest BCUT2D eigenvalue weighted by Crippen LogP contribution is 2.26. The van der Waals surface area contributed by atoms with E-state index in [1.807, 2.05) is 12.1 Å². The van der Waals surface area contributed by atoms with E-state index in [2.05, 4.69) is 30.9 Å². The van der Waals surface area contributed by atoms with Crippen LogP contribution in [0.2, 0.25) is 0 Å². The fourth-order valence-corrected chi connectivity index (χ4v) is 2.41. The lowest BCUT2D eigenvalue weighted by molar-refractivity contribution is -0.127. The van der Waals surface area contributed by atoms with Crippen LogP contribution in [0.25, 0.3) is 11.3 Å². The van der Waals surface area contributed by atoms with Crippen LogP contribution in [0.5, 0.6) is 11.5 Å². The number of urea groups is 1. The van der Waals surface area contributed by atoms with Crippen LogP contribution in [0, 0.1) is 5.41 Å². The molecule has 9 nitrogen and oxygen atoms in total. The van der Waals surface area contributed by atoms with Gasteiger partial charge >= 0.3 is 6.03 Å². The summed E-state index contributed by atoms with van der Waals surface area (Å²) in [5.74, 6) is 1.75.